The number of hydrogen-bond donors (Lipinski definition) is 2. The van der Waals surface area contributed by atoms with Gasteiger partial charge in [0.15, 0.2) is 0 Å². The van der Waals surface area contributed by atoms with E-state index in [9.17, 15) is 4.79 Å². The predicted molar refractivity (Wildman–Crippen MR) is 108 cm³/mol. The Hall–Kier alpha value is -2.75. The number of aromatic nitrogens is 1. The Labute approximate surface area is 154 Å². The summed E-state index contributed by atoms with van der Waals surface area (Å²) in [5, 5.41) is 4.41. The summed E-state index contributed by atoms with van der Waals surface area (Å²) in [6, 6.07) is 14.0. The Kier molecular flexibility index (Phi) is 5.61. The number of rotatable bonds is 7. The van der Waals surface area contributed by atoms with Gasteiger partial charge < -0.3 is 15.0 Å². The fourth-order valence-electron chi connectivity index (χ4n) is 3.05. The summed E-state index contributed by atoms with van der Waals surface area (Å²) in [5.41, 5.74) is 4.86. The molecular weight excluding hydrogens is 324 g/mol. The van der Waals surface area contributed by atoms with Crippen LogP contribution in [0.3, 0.4) is 0 Å². The molecule has 0 aliphatic heterocycles. The molecule has 0 aliphatic carbocycles. The normalized spacial score (nSPS) is 10.9. The van der Waals surface area contributed by atoms with Gasteiger partial charge in [-0.05, 0) is 67.8 Å². The van der Waals surface area contributed by atoms with Crippen molar-refractivity contribution in [1.82, 2.24) is 4.98 Å². The monoisotopic (exact) mass is 350 g/mol. The summed E-state index contributed by atoms with van der Waals surface area (Å²) in [4.78, 5) is 15.4. The molecule has 3 rings (SSSR count). The van der Waals surface area contributed by atoms with Crippen molar-refractivity contribution in [3.63, 3.8) is 0 Å². The lowest BCUT2D eigenvalue weighted by Gasteiger charge is -2.10. The van der Waals surface area contributed by atoms with E-state index in [-0.39, 0.29) is 5.56 Å². The van der Waals surface area contributed by atoms with Gasteiger partial charge >= 0.3 is 0 Å². The smallest absolute Gasteiger partial charge is 0.253 e. The Morgan fingerprint density at radius 2 is 1.85 bits per heavy atom. The lowest BCUT2D eigenvalue weighted by molar-refractivity contribution is 0.309. The molecule has 136 valence electrons. The van der Waals surface area contributed by atoms with Crippen LogP contribution in [-0.2, 0) is 6.54 Å². The van der Waals surface area contributed by atoms with E-state index >= 15 is 0 Å². The number of nitrogens with one attached hydrogen (secondary N) is 2. The third kappa shape index (κ3) is 4.26. The second-order valence-electron chi connectivity index (χ2n) is 6.75. The van der Waals surface area contributed by atoms with Gasteiger partial charge in [0.05, 0.1) is 6.61 Å². The first-order valence-corrected chi connectivity index (χ1v) is 9.16. The molecule has 2 aromatic carbocycles. The van der Waals surface area contributed by atoms with Crippen LogP contribution in [0, 0.1) is 13.8 Å². The van der Waals surface area contributed by atoms with Gasteiger partial charge in [-0.25, -0.2) is 0 Å². The molecular formula is C22H26N2O2. The molecule has 4 nitrogen and oxygen atoms in total. The maximum Gasteiger partial charge on any atom is 0.253 e. The molecule has 2 N–H and O–H groups in total. The maximum absolute atomic E-state index is 12.4. The van der Waals surface area contributed by atoms with E-state index in [1.165, 1.54) is 5.56 Å². The van der Waals surface area contributed by atoms with E-state index < -0.39 is 0 Å². The molecule has 0 fully saturated rings. The highest BCUT2D eigenvalue weighted by molar-refractivity contribution is 5.83. The summed E-state index contributed by atoms with van der Waals surface area (Å²) in [6.07, 6.45) is 2.18. The molecule has 0 aliphatic rings. The molecule has 1 heterocycles. The zero-order valence-electron chi connectivity index (χ0n) is 15.7. The van der Waals surface area contributed by atoms with E-state index in [4.69, 9.17) is 4.74 Å². The van der Waals surface area contributed by atoms with Gasteiger partial charge in [0.1, 0.15) is 5.75 Å². The van der Waals surface area contributed by atoms with Crippen LogP contribution in [0.25, 0.3) is 10.9 Å². The minimum atomic E-state index is -0.0467. The van der Waals surface area contributed by atoms with E-state index in [0.29, 0.717) is 6.54 Å². The zero-order valence-corrected chi connectivity index (χ0v) is 15.7. The summed E-state index contributed by atoms with van der Waals surface area (Å²) in [6.45, 7) is 7.48. The second-order valence-corrected chi connectivity index (χ2v) is 6.75. The van der Waals surface area contributed by atoms with Crippen LogP contribution in [0.15, 0.2) is 47.3 Å². The standard InChI is InChI=1S/C22H26N2O2/c1-4-5-10-26-19-8-6-18(7-9-19)23-14-17-13-20-16(3)11-15(2)12-21(20)24-22(17)25/h6-9,11-13,23H,4-5,10,14H2,1-3H3,(H,24,25). The first kappa shape index (κ1) is 18.1. The van der Waals surface area contributed by atoms with Gasteiger partial charge in [0, 0.05) is 28.7 Å². The Bertz CT molecular complexity index is 943. The average Bonchev–Trinajstić information content (AvgIpc) is 2.61. The molecule has 0 spiro atoms. The van der Waals surface area contributed by atoms with Gasteiger partial charge in [0.2, 0.25) is 0 Å². The Balaban J connectivity index is 1.71. The van der Waals surface area contributed by atoms with Crippen molar-refractivity contribution in [3.05, 3.63) is 69.5 Å². The maximum atomic E-state index is 12.4. The molecule has 0 atom stereocenters. The number of fused-ring (bicyclic) bond motifs is 1. The van der Waals surface area contributed by atoms with Crippen molar-refractivity contribution in [3.8, 4) is 5.75 Å². The minimum absolute atomic E-state index is 0.0467. The minimum Gasteiger partial charge on any atom is -0.494 e. The van der Waals surface area contributed by atoms with Crippen molar-refractivity contribution in [2.45, 2.75) is 40.2 Å². The summed E-state index contributed by atoms with van der Waals surface area (Å²) in [5.74, 6) is 0.874. The number of H-pyrrole nitrogens is 1. The molecule has 26 heavy (non-hydrogen) atoms. The molecule has 3 aromatic rings. The van der Waals surface area contributed by atoms with Gasteiger partial charge in [-0.15, -0.1) is 0 Å². The quantitative estimate of drug-likeness (QED) is 0.594. The largest absolute Gasteiger partial charge is 0.494 e. The average molecular weight is 350 g/mol. The first-order chi connectivity index (χ1) is 12.6. The summed E-state index contributed by atoms with van der Waals surface area (Å²) < 4.78 is 5.67. The number of hydrogen-bond acceptors (Lipinski definition) is 3. The topological polar surface area (TPSA) is 54.1 Å². The van der Waals surface area contributed by atoms with Crippen LogP contribution in [0.4, 0.5) is 5.69 Å². The summed E-state index contributed by atoms with van der Waals surface area (Å²) in [7, 11) is 0. The van der Waals surface area contributed by atoms with Gasteiger partial charge in [-0.3, -0.25) is 4.79 Å². The SMILES string of the molecule is CCCCOc1ccc(NCc2cc3c(C)cc(C)cc3[nH]c2=O)cc1. The number of pyridine rings is 1. The van der Waals surface area contributed by atoms with Crippen LogP contribution in [0.5, 0.6) is 5.75 Å². The summed E-state index contributed by atoms with van der Waals surface area (Å²) >= 11 is 0. The van der Waals surface area contributed by atoms with Gasteiger partial charge in [0.25, 0.3) is 5.56 Å². The van der Waals surface area contributed by atoms with Crippen LogP contribution < -0.4 is 15.6 Å². The van der Waals surface area contributed by atoms with Gasteiger partial charge in [-0.1, -0.05) is 19.4 Å². The number of ether oxygens (including phenoxy) is 1. The lowest BCUT2D eigenvalue weighted by Crippen LogP contribution is -2.16. The van der Waals surface area contributed by atoms with Gasteiger partial charge in [-0.2, -0.15) is 0 Å². The van der Waals surface area contributed by atoms with Crippen LogP contribution in [-0.4, -0.2) is 11.6 Å². The number of anilines is 1. The van der Waals surface area contributed by atoms with Crippen molar-refractivity contribution >= 4 is 16.6 Å². The van der Waals surface area contributed by atoms with Crippen LogP contribution in [0.1, 0.15) is 36.5 Å². The number of aromatic amines is 1. The van der Waals surface area contributed by atoms with Crippen molar-refractivity contribution < 1.29 is 4.74 Å². The van der Waals surface area contributed by atoms with E-state index in [0.717, 1.165) is 52.9 Å². The van der Waals surface area contributed by atoms with E-state index in [1.54, 1.807) is 0 Å². The molecule has 1 aromatic heterocycles. The fraction of sp³-hybridized carbons (Fsp3) is 0.318. The third-order valence-electron chi connectivity index (χ3n) is 4.49. The van der Waals surface area contributed by atoms with Crippen molar-refractivity contribution in [2.24, 2.45) is 0 Å². The van der Waals surface area contributed by atoms with E-state index in [1.807, 2.05) is 43.3 Å². The van der Waals surface area contributed by atoms with Crippen LogP contribution >= 0.6 is 0 Å². The molecule has 0 unspecified atom stereocenters. The number of aryl methyl sites for hydroxylation is 2. The first-order valence-electron chi connectivity index (χ1n) is 9.16. The number of benzene rings is 2. The van der Waals surface area contributed by atoms with Crippen molar-refractivity contribution in [1.29, 1.82) is 0 Å². The molecule has 0 saturated carbocycles. The molecule has 4 heteroatoms. The molecule has 0 bridgehead atoms. The Morgan fingerprint density at radius 1 is 1.08 bits per heavy atom. The highest BCUT2D eigenvalue weighted by Crippen LogP contribution is 2.20. The van der Waals surface area contributed by atoms with Crippen molar-refractivity contribution in [2.75, 3.05) is 11.9 Å². The molecule has 0 radical (unpaired) electrons. The van der Waals surface area contributed by atoms with E-state index in [2.05, 4.69) is 30.2 Å². The molecule has 0 amide bonds. The van der Waals surface area contributed by atoms with Crippen LogP contribution in [0.2, 0.25) is 0 Å². The highest BCUT2D eigenvalue weighted by atomic mass is 16.5. The lowest BCUT2D eigenvalue weighted by atomic mass is 10.0. The highest BCUT2D eigenvalue weighted by Gasteiger charge is 2.06. The number of unbranched alkanes of at least 4 members (excludes halogenated alkanes) is 1. The predicted octanol–water partition coefficient (Wildman–Crippen LogP) is 4.94. The molecule has 0 saturated heterocycles. The Morgan fingerprint density at radius 3 is 2.58 bits per heavy atom. The fourth-order valence-corrected chi connectivity index (χ4v) is 3.05. The second kappa shape index (κ2) is 8.09. The third-order valence-corrected chi connectivity index (χ3v) is 4.49. The zero-order chi connectivity index (χ0) is 18.5.